The van der Waals surface area contributed by atoms with Crippen molar-refractivity contribution in [3.63, 3.8) is 0 Å². The van der Waals surface area contributed by atoms with Gasteiger partial charge in [-0.3, -0.25) is 19.2 Å². The highest BCUT2D eigenvalue weighted by molar-refractivity contribution is 5.83. The number of carbonyl (C=O) groups excluding carboxylic acids is 2. The third-order valence-electron chi connectivity index (χ3n) is 7.91. The van der Waals surface area contributed by atoms with Crippen LogP contribution in [0.5, 0.6) is 23.0 Å². The number of halogens is 2. The average molecular weight is 635 g/mol. The Morgan fingerprint density at radius 3 is 1.69 bits per heavy atom. The maximum atomic E-state index is 15.5. The highest BCUT2D eigenvalue weighted by Gasteiger charge is 2.35. The van der Waals surface area contributed by atoms with E-state index in [2.05, 4.69) is 0 Å². The minimum Gasteiger partial charge on any atom is -0.493 e. The summed E-state index contributed by atoms with van der Waals surface area (Å²) in [5.41, 5.74) is 1.60. The van der Waals surface area contributed by atoms with Crippen molar-refractivity contribution in [2.75, 3.05) is 27.4 Å². The molecule has 0 aromatic heterocycles. The molecular weight excluding hydrogens is 598 g/mol. The number of amides is 2. The van der Waals surface area contributed by atoms with Crippen LogP contribution in [0.4, 0.5) is 8.78 Å². The Morgan fingerprint density at radius 2 is 1.20 bits per heavy atom. The van der Waals surface area contributed by atoms with Crippen LogP contribution in [0.15, 0.2) is 12.1 Å². The van der Waals surface area contributed by atoms with E-state index in [9.17, 15) is 19.2 Å². The fraction of sp³-hybridized carbons (Fsp3) is 0.484. The van der Waals surface area contributed by atoms with Crippen molar-refractivity contribution in [3.8, 4) is 23.0 Å². The molecule has 0 saturated carbocycles. The van der Waals surface area contributed by atoms with Gasteiger partial charge in [0.05, 0.1) is 39.3 Å². The van der Waals surface area contributed by atoms with E-state index in [-0.39, 0.29) is 62.6 Å². The number of methoxy groups -OCH3 is 2. The second kappa shape index (κ2) is 14.0. The van der Waals surface area contributed by atoms with Gasteiger partial charge in [0.1, 0.15) is 0 Å². The number of rotatable bonds is 14. The summed E-state index contributed by atoms with van der Waals surface area (Å²) in [6, 6.07) is 3.52. The summed E-state index contributed by atoms with van der Waals surface area (Å²) in [4.78, 5) is 50.2. The van der Waals surface area contributed by atoms with Crippen molar-refractivity contribution in [1.29, 1.82) is 0 Å². The van der Waals surface area contributed by atoms with Crippen molar-refractivity contribution < 1.29 is 57.1 Å². The first-order chi connectivity index (χ1) is 21.4. The van der Waals surface area contributed by atoms with E-state index in [0.29, 0.717) is 24.6 Å². The van der Waals surface area contributed by atoms with Gasteiger partial charge in [-0.2, -0.15) is 0 Å². The first-order valence-electron chi connectivity index (χ1n) is 14.4. The molecule has 4 rings (SSSR count). The van der Waals surface area contributed by atoms with Gasteiger partial charge in [-0.1, -0.05) is 13.8 Å². The van der Waals surface area contributed by atoms with Crippen LogP contribution in [-0.4, -0.2) is 71.2 Å². The quantitative estimate of drug-likeness (QED) is 0.294. The lowest BCUT2D eigenvalue weighted by Crippen LogP contribution is -2.28. The van der Waals surface area contributed by atoms with Crippen LogP contribution in [0.2, 0.25) is 0 Å². The van der Waals surface area contributed by atoms with Gasteiger partial charge in [0.15, 0.2) is 28.9 Å². The Kier molecular flexibility index (Phi) is 10.3. The number of fused-ring (bicyclic) bond motifs is 2. The lowest BCUT2D eigenvalue weighted by molar-refractivity contribution is -0.145. The van der Waals surface area contributed by atoms with Gasteiger partial charge in [-0.15, -0.1) is 0 Å². The van der Waals surface area contributed by atoms with Crippen molar-refractivity contribution in [1.82, 2.24) is 9.80 Å². The number of ether oxygens (including phenoxy) is 4. The number of hydrogen-bond donors (Lipinski definition) is 2. The molecule has 0 saturated heterocycles. The summed E-state index contributed by atoms with van der Waals surface area (Å²) in [5.74, 6) is -6.44. The van der Waals surface area contributed by atoms with Crippen LogP contribution < -0.4 is 18.9 Å². The molecule has 2 aromatic rings. The number of carbonyl (C=O) groups is 4. The number of benzene rings is 2. The van der Waals surface area contributed by atoms with Crippen molar-refractivity contribution in [2.24, 2.45) is 11.8 Å². The Morgan fingerprint density at radius 1 is 0.733 bits per heavy atom. The lowest BCUT2D eigenvalue weighted by Gasteiger charge is -2.16. The maximum absolute atomic E-state index is 15.5. The SMILES string of the molecule is COc1cc2c(cc1OCCCOc1c(F)c3c(c(F)c1OC)CN(C(=O)CC(C)C(=O)O)C3)CN(C(=O)CC(C)C(=O)O)C2. The Hall–Kier alpha value is -4.62. The van der Waals surface area contributed by atoms with E-state index in [1.807, 2.05) is 0 Å². The Labute approximate surface area is 258 Å². The zero-order chi connectivity index (χ0) is 33.0. The van der Waals surface area contributed by atoms with E-state index >= 15 is 8.78 Å². The van der Waals surface area contributed by atoms with Crippen LogP contribution in [-0.2, 0) is 45.4 Å². The Balaban J connectivity index is 1.36. The zero-order valence-corrected chi connectivity index (χ0v) is 25.5. The smallest absolute Gasteiger partial charge is 0.306 e. The monoisotopic (exact) mass is 634 g/mol. The molecule has 244 valence electrons. The molecule has 0 radical (unpaired) electrons. The van der Waals surface area contributed by atoms with Gasteiger partial charge in [0.2, 0.25) is 17.6 Å². The van der Waals surface area contributed by atoms with Crippen molar-refractivity contribution in [2.45, 2.75) is 59.3 Å². The standard InChI is InChI=1S/C31H36F2N2O10/c1-16(30(38)39)8-24(36)34-12-18-10-22(42-3)23(11-19(18)13-34)44-6-5-7-45-29-27(33)21-15-35(25(37)9-17(2)31(40)41)14-20(21)26(32)28(29)43-4/h10-11,16-17H,5-9,12-15H2,1-4H3,(H,38,39)(H,40,41). The third kappa shape index (κ3) is 7.21. The predicted octanol–water partition coefficient (Wildman–Crippen LogP) is 3.74. The largest absolute Gasteiger partial charge is 0.493 e. The second-order valence-corrected chi connectivity index (χ2v) is 11.2. The van der Waals surface area contributed by atoms with Crippen LogP contribution in [0, 0.1) is 23.5 Å². The average Bonchev–Trinajstić information content (AvgIpc) is 3.64. The summed E-state index contributed by atoms with van der Waals surface area (Å²) in [5, 5.41) is 18.2. The molecule has 2 N–H and O–H groups in total. The maximum Gasteiger partial charge on any atom is 0.306 e. The number of hydrogen-bond acceptors (Lipinski definition) is 8. The Bertz CT molecular complexity index is 1500. The molecule has 2 atom stereocenters. The van der Waals surface area contributed by atoms with Crippen molar-refractivity contribution in [3.05, 3.63) is 46.0 Å². The molecule has 0 aliphatic carbocycles. The van der Waals surface area contributed by atoms with Gasteiger partial charge in [0, 0.05) is 56.6 Å². The summed E-state index contributed by atoms with van der Waals surface area (Å²) < 4.78 is 52.9. The predicted molar refractivity (Wildman–Crippen MR) is 153 cm³/mol. The molecule has 2 aliphatic heterocycles. The van der Waals surface area contributed by atoms with E-state index in [1.165, 1.54) is 33.0 Å². The van der Waals surface area contributed by atoms with Crippen molar-refractivity contribution >= 4 is 23.8 Å². The minimum atomic E-state index is -1.14. The normalized spacial score (nSPS) is 14.8. The fourth-order valence-electron chi connectivity index (χ4n) is 5.22. The van der Waals surface area contributed by atoms with Gasteiger partial charge < -0.3 is 39.0 Å². The number of carboxylic acid groups (broad SMARTS) is 2. The second-order valence-electron chi connectivity index (χ2n) is 11.2. The summed E-state index contributed by atoms with van der Waals surface area (Å²) in [6.07, 6.45) is -0.146. The lowest BCUT2D eigenvalue weighted by atomic mass is 10.1. The minimum absolute atomic E-state index is 0.0447. The fourth-order valence-corrected chi connectivity index (χ4v) is 5.22. The molecule has 2 unspecified atom stereocenters. The van der Waals surface area contributed by atoms with Gasteiger partial charge in [-0.05, 0) is 23.3 Å². The first kappa shape index (κ1) is 33.3. The molecular formula is C31H36F2N2O10. The van der Waals surface area contributed by atoms with Crippen LogP contribution in [0.25, 0.3) is 0 Å². The third-order valence-corrected chi connectivity index (χ3v) is 7.91. The highest BCUT2D eigenvalue weighted by Crippen LogP contribution is 2.42. The van der Waals surface area contributed by atoms with E-state index in [0.717, 1.165) is 11.1 Å². The van der Waals surface area contributed by atoms with Crippen LogP contribution >= 0.6 is 0 Å². The topological polar surface area (TPSA) is 152 Å². The van der Waals surface area contributed by atoms with Crippen LogP contribution in [0.1, 0.15) is 55.4 Å². The van der Waals surface area contributed by atoms with Gasteiger partial charge >= 0.3 is 11.9 Å². The van der Waals surface area contributed by atoms with Crippen LogP contribution in [0.3, 0.4) is 0 Å². The number of carboxylic acids is 2. The van der Waals surface area contributed by atoms with E-state index in [1.54, 1.807) is 17.0 Å². The molecule has 14 heteroatoms. The van der Waals surface area contributed by atoms with Gasteiger partial charge in [0.25, 0.3) is 0 Å². The molecule has 0 bridgehead atoms. The first-order valence-corrected chi connectivity index (χ1v) is 14.4. The molecule has 0 fully saturated rings. The summed E-state index contributed by atoms with van der Waals surface area (Å²) in [7, 11) is 2.65. The molecule has 2 aliphatic rings. The summed E-state index contributed by atoms with van der Waals surface area (Å²) in [6.45, 7) is 3.09. The number of aliphatic carboxylic acids is 2. The highest BCUT2D eigenvalue weighted by atomic mass is 19.1. The van der Waals surface area contributed by atoms with E-state index in [4.69, 9.17) is 29.2 Å². The molecule has 45 heavy (non-hydrogen) atoms. The molecule has 2 heterocycles. The van der Waals surface area contributed by atoms with Gasteiger partial charge in [-0.25, -0.2) is 8.78 Å². The molecule has 0 spiro atoms. The molecule has 12 nitrogen and oxygen atoms in total. The number of nitrogens with zero attached hydrogens (tertiary/aromatic N) is 2. The zero-order valence-electron chi connectivity index (χ0n) is 25.5. The van der Waals surface area contributed by atoms with E-state index < -0.39 is 52.8 Å². The molecule has 2 amide bonds. The summed E-state index contributed by atoms with van der Waals surface area (Å²) >= 11 is 0. The molecule has 2 aromatic carbocycles.